The SMILES string of the molecule is COc1ccc(Br)cc1CC(NN)C(C)C1CC1. The van der Waals surface area contributed by atoms with Crippen molar-refractivity contribution in [2.24, 2.45) is 17.7 Å². The number of hydrazine groups is 1. The van der Waals surface area contributed by atoms with E-state index in [4.69, 9.17) is 10.6 Å². The Kier molecular flexibility index (Phi) is 4.65. The second kappa shape index (κ2) is 6.04. The largest absolute Gasteiger partial charge is 0.496 e. The minimum absolute atomic E-state index is 0.306. The van der Waals surface area contributed by atoms with Gasteiger partial charge in [-0.15, -0.1) is 0 Å². The van der Waals surface area contributed by atoms with E-state index >= 15 is 0 Å². The van der Waals surface area contributed by atoms with Crippen LogP contribution in [0.15, 0.2) is 22.7 Å². The molecule has 1 aliphatic rings. The van der Waals surface area contributed by atoms with Gasteiger partial charge in [-0.2, -0.15) is 0 Å². The number of hydrogen-bond acceptors (Lipinski definition) is 3. The normalized spacial score (nSPS) is 18.4. The standard InChI is InChI=1S/C14H21BrN2O/c1-9(10-3-4-10)13(17-16)8-11-7-12(15)5-6-14(11)18-2/h5-7,9-10,13,17H,3-4,8,16H2,1-2H3. The van der Waals surface area contributed by atoms with Crippen LogP contribution in [-0.4, -0.2) is 13.2 Å². The van der Waals surface area contributed by atoms with Gasteiger partial charge in [0.2, 0.25) is 0 Å². The maximum atomic E-state index is 5.71. The number of halogens is 1. The van der Waals surface area contributed by atoms with E-state index in [-0.39, 0.29) is 0 Å². The molecule has 2 atom stereocenters. The van der Waals surface area contributed by atoms with E-state index in [0.717, 1.165) is 22.6 Å². The molecular weight excluding hydrogens is 292 g/mol. The van der Waals surface area contributed by atoms with Crippen LogP contribution in [0.4, 0.5) is 0 Å². The number of rotatable bonds is 6. The first kappa shape index (κ1) is 13.8. The molecule has 3 nitrogen and oxygen atoms in total. The number of benzene rings is 1. The lowest BCUT2D eigenvalue weighted by Crippen LogP contribution is -2.42. The smallest absolute Gasteiger partial charge is 0.122 e. The Balaban J connectivity index is 2.12. The van der Waals surface area contributed by atoms with E-state index in [1.165, 1.54) is 18.4 Å². The van der Waals surface area contributed by atoms with E-state index < -0.39 is 0 Å². The van der Waals surface area contributed by atoms with Gasteiger partial charge in [0.15, 0.2) is 0 Å². The second-order valence-corrected chi connectivity index (χ2v) is 6.05. The summed E-state index contributed by atoms with van der Waals surface area (Å²) in [5.41, 5.74) is 4.17. The minimum Gasteiger partial charge on any atom is -0.496 e. The lowest BCUT2D eigenvalue weighted by molar-refractivity contribution is 0.337. The van der Waals surface area contributed by atoms with Gasteiger partial charge >= 0.3 is 0 Å². The van der Waals surface area contributed by atoms with Crippen LogP contribution in [0.3, 0.4) is 0 Å². The molecule has 4 heteroatoms. The Labute approximate surface area is 117 Å². The average molecular weight is 313 g/mol. The fraction of sp³-hybridized carbons (Fsp3) is 0.571. The van der Waals surface area contributed by atoms with Gasteiger partial charge in [-0.3, -0.25) is 11.3 Å². The van der Waals surface area contributed by atoms with Crippen LogP contribution in [0.2, 0.25) is 0 Å². The molecule has 3 N–H and O–H groups in total. The Bertz CT molecular complexity index is 407. The van der Waals surface area contributed by atoms with E-state index in [1.54, 1.807) is 7.11 Å². The molecule has 0 aromatic heterocycles. The molecule has 1 aromatic carbocycles. The van der Waals surface area contributed by atoms with Crippen LogP contribution in [0.1, 0.15) is 25.3 Å². The van der Waals surface area contributed by atoms with E-state index in [1.807, 2.05) is 12.1 Å². The molecule has 2 rings (SSSR count). The van der Waals surface area contributed by atoms with Crippen molar-refractivity contribution in [3.63, 3.8) is 0 Å². The lowest BCUT2D eigenvalue weighted by atomic mass is 9.91. The highest BCUT2D eigenvalue weighted by atomic mass is 79.9. The van der Waals surface area contributed by atoms with E-state index in [9.17, 15) is 0 Å². The molecule has 0 aliphatic heterocycles. The highest BCUT2D eigenvalue weighted by Gasteiger charge is 2.33. The summed E-state index contributed by atoms with van der Waals surface area (Å²) in [6.07, 6.45) is 3.58. The van der Waals surface area contributed by atoms with Gasteiger partial charge in [0, 0.05) is 10.5 Å². The number of hydrogen-bond donors (Lipinski definition) is 2. The van der Waals surface area contributed by atoms with Crippen molar-refractivity contribution < 1.29 is 4.74 Å². The Morgan fingerprint density at radius 2 is 2.22 bits per heavy atom. The third-order valence-corrected chi connectivity index (χ3v) is 4.39. The third kappa shape index (κ3) is 3.25. The molecule has 2 unspecified atom stereocenters. The van der Waals surface area contributed by atoms with Gasteiger partial charge in [-0.05, 0) is 54.9 Å². The van der Waals surface area contributed by atoms with E-state index in [2.05, 4.69) is 34.3 Å². The molecule has 1 fully saturated rings. The molecule has 1 saturated carbocycles. The lowest BCUT2D eigenvalue weighted by Gasteiger charge is -2.24. The number of methoxy groups -OCH3 is 1. The predicted molar refractivity (Wildman–Crippen MR) is 77.4 cm³/mol. The first-order valence-electron chi connectivity index (χ1n) is 6.44. The highest BCUT2D eigenvalue weighted by molar-refractivity contribution is 9.10. The van der Waals surface area contributed by atoms with Crippen LogP contribution < -0.4 is 16.0 Å². The number of nitrogens with one attached hydrogen (secondary N) is 1. The van der Waals surface area contributed by atoms with Crippen molar-refractivity contribution in [2.75, 3.05) is 7.11 Å². The summed E-state index contributed by atoms with van der Waals surface area (Å²) in [7, 11) is 1.71. The van der Waals surface area contributed by atoms with Gasteiger partial charge in [-0.1, -0.05) is 22.9 Å². The summed E-state index contributed by atoms with van der Waals surface area (Å²) >= 11 is 3.51. The summed E-state index contributed by atoms with van der Waals surface area (Å²) in [6.45, 7) is 2.28. The highest BCUT2D eigenvalue weighted by Crippen LogP contribution is 2.39. The van der Waals surface area contributed by atoms with Crippen molar-refractivity contribution in [2.45, 2.75) is 32.2 Å². The number of ether oxygens (including phenoxy) is 1. The van der Waals surface area contributed by atoms with Crippen molar-refractivity contribution >= 4 is 15.9 Å². The molecule has 0 heterocycles. The Morgan fingerprint density at radius 1 is 1.50 bits per heavy atom. The molecule has 18 heavy (non-hydrogen) atoms. The molecule has 0 spiro atoms. The predicted octanol–water partition coefficient (Wildman–Crippen LogP) is 2.88. The first-order chi connectivity index (χ1) is 8.65. The summed E-state index contributed by atoms with van der Waals surface area (Å²) in [4.78, 5) is 0. The van der Waals surface area contributed by atoms with Gasteiger partial charge < -0.3 is 4.74 Å². The second-order valence-electron chi connectivity index (χ2n) is 5.13. The van der Waals surface area contributed by atoms with Gasteiger partial charge in [0.05, 0.1) is 7.11 Å². The van der Waals surface area contributed by atoms with Crippen molar-refractivity contribution in [3.8, 4) is 5.75 Å². The van der Waals surface area contributed by atoms with Crippen molar-refractivity contribution in [3.05, 3.63) is 28.2 Å². The topological polar surface area (TPSA) is 47.3 Å². The molecule has 0 radical (unpaired) electrons. The minimum atomic E-state index is 0.306. The summed E-state index contributed by atoms with van der Waals surface area (Å²) in [6, 6.07) is 6.41. The number of nitrogens with two attached hydrogens (primary N) is 1. The molecule has 100 valence electrons. The third-order valence-electron chi connectivity index (χ3n) is 3.90. The molecule has 0 bridgehead atoms. The average Bonchev–Trinajstić information content (AvgIpc) is 3.19. The molecule has 0 amide bonds. The maximum absolute atomic E-state index is 5.71. The van der Waals surface area contributed by atoms with Crippen LogP contribution in [-0.2, 0) is 6.42 Å². The maximum Gasteiger partial charge on any atom is 0.122 e. The fourth-order valence-electron chi connectivity index (χ4n) is 2.49. The zero-order chi connectivity index (χ0) is 13.1. The molecule has 1 aliphatic carbocycles. The Hall–Kier alpha value is -0.580. The summed E-state index contributed by atoms with van der Waals surface area (Å²) in [5.74, 6) is 8.09. The Morgan fingerprint density at radius 3 is 2.78 bits per heavy atom. The molecule has 1 aromatic rings. The first-order valence-corrected chi connectivity index (χ1v) is 7.23. The van der Waals surface area contributed by atoms with Crippen molar-refractivity contribution in [1.82, 2.24) is 5.43 Å². The zero-order valence-electron chi connectivity index (χ0n) is 10.9. The van der Waals surface area contributed by atoms with E-state index in [0.29, 0.717) is 12.0 Å². The van der Waals surface area contributed by atoms with Crippen LogP contribution >= 0.6 is 15.9 Å². The molecular formula is C14H21BrN2O. The fourth-order valence-corrected chi connectivity index (χ4v) is 2.90. The van der Waals surface area contributed by atoms with Crippen LogP contribution in [0.25, 0.3) is 0 Å². The molecule has 0 saturated heterocycles. The van der Waals surface area contributed by atoms with Gasteiger partial charge in [0.25, 0.3) is 0 Å². The van der Waals surface area contributed by atoms with Gasteiger partial charge in [0.1, 0.15) is 5.75 Å². The summed E-state index contributed by atoms with van der Waals surface area (Å²) < 4.78 is 6.49. The monoisotopic (exact) mass is 312 g/mol. The zero-order valence-corrected chi connectivity index (χ0v) is 12.5. The van der Waals surface area contributed by atoms with Crippen molar-refractivity contribution in [1.29, 1.82) is 0 Å². The van der Waals surface area contributed by atoms with Crippen LogP contribution in [0.5, 0.6) is 5.75 Å². The quantitative estimate of drug-likeness (QED) is 0.627. The van der Waals surface area contributed by atoms with Gasteiger partial charge in [-0.25, -0.2) is 0 Å². The summed E-state index contributed by atoms with van der Waals surface area (Å²) in [5, 5.41) is 0. The van der Waals surface area contributed by atoms with Crippen LogP contribution in [0, 0.1) is 11.8 Å².